The maximum absolute atomic E-state index is 3.50. The van der Waals surface area contributed by atoms with Crippen molar-refractivity contribution in [3.05, 3.63) is 0 Å². The molecule has 1 aliphatic rings. The Morgan fingerprint density at radius 2 is 2.08 bits per heavy atom. The predicted molar refractivity (Wildman–Crippen MR) is 51.9 cm³/mol. The number of hydrogen-bond donors (Lipinski definition) is 2. The molecule has 1 fully saturated rings. The summed E-state index contributed by atoms with van der Waals surface area (Å²) in [6, 6.07) is 0.635. The molecule has 0 aliphatic carbocycles. The van der Waals surface area contributed by atoms with Gasteiger partial charge in [-0.15, -0.1) is 0 Å². The molecule has 0 saturated carbocycles. The van der Waals surface area contributed by atoms with Crippen LogP contribution in [0.1, 0.15) is 26.7 Å². The molecule has 1 aliphatic heterocycles. The maximum atomic E-state index is 3.50. The average Bonchev–Trinajstić information content (AvgIpc) is 1.82. The molecule has 72 valence electrons. The molecule has 0 aromatic heterocycles. The normalized spacial score (nSPS) is 29.2. The topological polar surface area (TPSA) is 27.3 Å². The third kappa shape index (κ3) is 3.09. The molecule has 1 atom stereocenters. The van der Waals surface area contributed by atoms with Crippen LogP contribution in [0.3, 0.4) is 0 Å². The van der Waals surface area contributed by atoms with E-state index >= 15 is 0 Å². The zero-order chi connectivity index (χ0) is 9.19. The third-order valence-corrected chi connectivity index (χ3v) is 2.29. The lowest BCUT2D eigenvalue weighted by atomic mass is 9.90. The molecule has 1 rings (SSSR count). The third-order valence-electron chi connectivity index (χ3n) is 2.29. The molecule has 1 saturated heterocycles. The van der Waals surface area contributed by atoms with Crippen LogP contribution in [-0.2, 0) is 0 Å². The summed E-state index contributed by atoms with van der Waals surface area (Å²) < 4.78 is 0. The van der Waals surface area contributed by atoms with E-state index in [-0.39, 0.29) is 0 Å². The van der Waals surface area contributed by atoms with Gasteiger partial charge in [-0.05, 0) is 33.2 Å². The largest absolute Gasteiger partial charge is 0.312 e. The van der Waals surface area contributed by atoms with E-state index in [1.165, 1.54) is 12.8 Å². The van der Waals surface area contributed by atoms with Crippen molar-refractivity contribution in [1.29, 1.82) is 0 Å². The van der Waals surface area contributed by atoms with Gasteiger partial charge in [0.2, 0.25) is 0 Å². The van der Waals surface area contributed by atoms with Crippen LogP contribution in [0.4, 0.5) is 0 Å². The molecule has 0 aromatic rings. The number of piperidine rings is 1. The smallest absolute Gasteiger partial charge is 0.0244 e. The van der Waals surface area contributed by atoms with Crippen molar-refractivity contribution in [3.63, 3.8) is 0 Å². The molecule has 0 aromatic carbocycles. The SMILES string of the molecule is CN(C)NC1CCNC(C)(C)C1. The van der Waals surface area contributed by atoms with E-state index in [0.29, 0.717) is 11.6 Å². The molecule has 3 heteroatoms. The minimum atomic E-state index is 0.298. The minimum Gasteiger partial charge on any atom is -0.312 e. The van der Waals surface area contributed by atoms with E-state index in [1.54, 1.807) is 0 Å². The van der Waals surface area contributed by atoms with Crippen molar-refractivity contribution in [2.24, 2.45) is 0 Å². The van der Waals surface area contributed by atoms with Crippen molar-refractivity contribution in [2.75, 3.05) is 20.6 Å². The number of hydrogen-bond acceptors (Lipinski definition) is 3. The number of nitrogens with one attached hydrogen (secondary N) is 2. The highest BCUT2D eigenvalue weighted by Gasteiger charge is 2.27. The predicted octanol–water partition coefficient (Wildman–Crippen LogP) is 0.583. The van der Waals surface area contributed by atoms with Crippen LogP contribution in [0.5, 0.6) is 0 Å². The zero-order valence-corrected chi connectivity index (χ0v) is 8.65. The first-order valence-corrected chi connectivity index (χ1v) is 4.68. The van der Waals surface area contributed by atoms with Gasteiger partial charge in [0.25, 0.3) is 0 Å². The molecule has 0 radical (unpaired) electrons. The van der Waals surface area contributed by atoms with Gasteiger partial charge in [0.15, 0.2) is 0 Å². The first-order chi connectivity index (χ1) is 5.49. The fourth-order valence-corrected chi connectivity index (χ4v) is 1.85. The Morgan fingerprint density at radius 3 is 2.58 bits per heavy atom. The van der Waals surface area contributed by atoms with Gasteiger partial charge < -0.3 is 5.32 Å². The molecular formula is C9H21N3. The van der Waals surface area contributed by atoms with Gasteiger partial charge in [-0.1, -0.05) is 0 Å². The summed E-state index contributed by atoms with van der Waals surface area (Å²) >= 11 is 0. The summed E-state index contributed by atoms with van der Waals surface area (Å²) in [7, 11) is 4.10. The highest BCUT2D eigenvalue weighted by atomic mass is 15.5. The van der Waals surface area contributed by atoms with Crippen molar-refractivity contribution in [1.82, 2.24) is 15.8 Å². The van der Waals surface area contributed by atoms with E-state index in [9.17, 15) is 0 Å². The molecule has 2 N–H and O–H groups in total. The van der Waals surface area contributed by atoms with Crippen molar-refractivity contribution >= 4 is 0 Å². The molecular weight excluding hydrogens is 150 g/mol. The molecule has 0 spiro atoms. The van der Waals surface area contributed by atoms with E-state index in [4.69, 9.17) is 0 Å². The Morgan fingerprint density at radius 1 is 1.42 bits per heavy atom. The van der Waals surface area contributed by atoms with Crippen LogP contribution in [0.2, 0.25) is 0 Å². The highest BCUT2D eigenvalue weighted by molar-refractivity contribution is 4.88. The second-order valence-corrected chi connectivity index (χ2v) is 4.52. The Labute approximate surface area is 75.5 Å². The monoisotopic (exact) mass is 171 g/mol. The Kier molecular flexibility index (Phi) is 3.09. The van der Waals surface area contributed by atoms with Crippen molar-refractivity contribution in [3.8, 4) is 0 Å². The highest BCUT2D eigenvalue weighted by Crippen LogP contribution is 2.17. The summed E-state index contributed by atoms with van der Waals surface area (Å²) in [5.41, 5.74) is 3.73. The summed E-state index contributed by atoms with van der Waals surface area (Å²) in [5.74, 6) is 0. The Hall–Kier alpha value is -0.120. The molecule has 0 bridgehead atoms. The summed E-state index contributed by atoms with van der Waals surface area (Å²) in [6.45, 7) is 5.64. The summed E-state index contributed by atoms with van der Waals surface area (Å²) in [5, 5.41) is 5.55. The van der Waals surface area contributed by atoms with Crippen LogP contribution in [0.25, 0.3) is 0 Å². The van der Waals surface area contributed by atoms with E-state index in [2.05, 4.69) is 38.7 Å². The van der Waals surface area contributed by atoms with Crippen LogP contribution in [-0.4, -0.2) is 37.2 Å². The lowest BCUT2D eigenvalue weighted by Crippen LogP contribution is -2.54. The summed E-state index contributed by atoms with van der Waals surface area (Å²) in [4.78, 5) is 0. The number of hydrazine groups is 1. The molecule has 1 unspecified atom stereocenters. The lowest BCUT2D eigenvalue weighted by molar-refractivity contribution is 0.167. The lowest BCUT2D eigenvalue weighted by Gasteiger charge is -2.38. The van der Waals surface area contributed by atoms with Gasteiger partial charge >= 0.3 is 0 Å². The number of nitrogens with zero attached hydrogens (tertiary/aromatic N) is 1. The van der Waals surface area contributed by atoms with Gasteiger partial charge in [-0.2, -0.15) is 0 Å². The van der Waals surface area contributed by atoms with Gasteiger partial charge in [0.05, 0.1) is 0 Å². The quantitative estimate of drug-likeness (QED) is 0.595. The first-order valence-electron chi connectivity index (χ1n) is 4.68. The van der Waals surface area contributed by atoms with Gasteiger partial charge in [0.1, 0.15) is 0 Å². The summed E-state index contributed by atoms with van der Waals surface area (Å²) in [6.07, 6.45) is 2.42. The molecule has 1 heterocycles. The first kappa shape index (κ1) is 9.96. The number of rotatable bonds is 2. The standard InChI is InChI=1S/C9H21N3/c1-9(2)7-8(5-6-10-9)11-12(3)4/h8,10-11H,5-7H2,1-4H3. The van der Waals surface area contributed by atoms with Crippen LogP contribution >= 0.6 is 0 Å². The van der Waals surface area contributed by atoms with Crippen LogP contribution in [0.15, 0.2) is 0 Å². The fraction of sp³-hybridized carbons (Fsp3) is 1.00. The maximum Gasteiger partial charge on any atom is 0.0244 e. The van der Waals surface area contributed by atoms with Crippen LogP contribution in [0, 0.1) is 0 Å². The second-order valence-electron chi connectivity index (χ2n) is 4.52. The molecule has 3 nitrogen and oxygen atoms in total. The van der Waals surface area contributed by atoms with Gasteiger partial charge in [0, 0.05) is 25.7 Å². The van der Waals surface area contributed by atoms with Gasteiger partial charge in [-0.3, -0.25) is 10.4 Å². The van der Waals surface area contributed by atoms with E-state index < -0.39 is 0 Å². The van der Waals surface area contributed by atoms with Crippen molar-refractivity contribution < 1.29 is 0 Å². The van der Waals surface area contributed by atoms with Crippen molar-refractivity contribution in [2.45, 2.75) is 38.3 Å². The molecule has 0 amide bonds. The Bertz CT molecular complexity index is 143. The second kappa shape index (κ2) is 3.73. The van der Waals surface area contributed by atoms with E-state index in [0.717, 1.165) is 6.54 Å². The Balaban J connectivity index is 2.36. The van der Waals surface area contributed by atoms with E-state index in [1.807, 2.05) is 5.01 Å². The molecule has 12 heavy (non-hydrogen) atoms. The minimum absolute atomic E-state index is 0.298. The fourth-order valence-electron chi connectivity index (χ4n) is 1.85. The zero-order valence-electron chi connectivity index (χ0n) is 8.65. The van der Waals surface area contributed by atoms with Crippen LogP contribution < -0.4 is 10.7 Å². The van der Waals surface area contributed by atoms with Gasteiger partial charge in [-0.25, -0.2) is 0 Å². The average molecular weight is 171 g/mol.